The van der Waals surface area contributed by atoms with Crippen molar-refractivity contribution in [3.05, 3.63) is 41.0 Å². The summed E-state index contributed by atoms with van der Waals surface area (Å²) in [6, 6.07) is 9.80. The lowest BCUT2D eigenvalue weighted by Crippen LogP contribution is -1.93. The lowest BCUT2D eigenvalue weighted by atomic mass is 10.3. The predicted molar refractivity (Wildman–Crippen MR) is 58.5 cm³/mol. The first-order valence-corrected chi connectivity index (χ1v) is 5.00. The molecule has 0 aliphatic heterocycles. The third-order valence-corrected chi connectivity index (χ3v) is 2.43. The summed E-state index contributed by atoms with van der Waals surface area (Å²) in [6.07, 6.45) is 1.88. The molecule has 0 radical (unpaired) electrons. The van der Waals surface area contributed by atoms with Crippen molar-refractivity contribution in [2.75, 3.05) is 0 Å². The smallest absolute Gasteiger partial charge is 0.116 e. The van der Waals surface area contributed by atoms with Gasteiger partial charge in [-0.2, -0.15) is 5.10 Å². The molecule has 0 saturated carbocycles. The quantitative estimate of drug-likeness (QED) is 0.776. The Balaban J connectivity index is 2.41. The van der Waals surface area contributed by atoms with Crippen LogP contribution in [0.5, 0.6) is 0 Å². The molecule has 0 saturated heterocycles. The van der Waals surface area contributed by atoms with Crippen LogP contribution in [0.4, 0.5) is 0 Å². The Bertz CT molecular complexity index is 408. The van der Waals surface area contributed by atoms with Gasteiger partial charge in [0.15, 0.2) is 0 Å². The number of hydrogen-bond acceptors (Lipinski definition) is 2. The van der Waals surface area contributed by atoms with E-state index in [0.717, 1.165) is 15.2 Å². The Labute approximate surface area is 90.1 Å². The Kier molecular flexibility index (Phi) is 2.42. The topological polar surface area (TPSA) is 17.8 Å². The lowest BCUT2D eigenvalue weighted by molar-refractivity contribution is 0.839. The maximum Gasteiger partial charge on any atom is 0.116 e. The number of nitrogens with zero attached hydrogens (tertiary/aromatic N) is 2. The van der Waals surface area contributed by atoms with Crippen LogP contribution in [0.3, 0.4) is 0 Å². The second-order valence-electron chi connectivity index (χ2n) is 2.59. The number of benzene rings is 1. The monoisotopic (exact) mass is 254 g/mol. The molecule has 2 rings (SSSR count). The minimum absolute atomic E-state index is 0.725. The number of halogens is 1. The van der Waals surface area contributed by atoms with Gasteiger partial charge in [0.2, 0.25) is 0 Å². The van der Waals surface area contributed by atoms with Crippen LogP contribution in [-0.4, -0.2) is 9.78 Å². The average molecular weight is 255 g/mol. The van der Waals surface area contributed by atoms with E-state index in [1.165, 1.54) is 0 Å². The maximum absolute atomic E-state index is 4.18. The highest BCUT2D eigenvalue weighted by atomic mass is 79.9. The van der Waals surface area contributed by atoms with E-state index >= 15 is 0 Å². The molecule has 0 spiro atoms. The molecule has 0 amide bonds. The molecule has 0 bridgehead atoms. The molecule has 0 fully saturated rings. The molecule has 4 heteroatoms. The van der Waals surface area contributed by atoms with Crippen molar-refractivity contribution < 1.29 is 0 Å². The average Bonchev–Trinajstić information content (AvgIpc) is 2.53. The largest absolute Gasteiger partial charge is 0.240 e. The molecule has 0 unspecified atom stereocenters. The number of aromatic nitrogens is 2. The van der Waals surface area contributed by atoms with Crippen LogP contribution >= 0.6 is 28.6 Å². The van der Waals surface area contributed by atoms with E-state index in [0.29, 0.717) is 0 Å². The van der Waals surface area contributed by atoms with Crippen LogP contribution in [-0.2, 0) is 0 Å². The minimum Gasteiger partial charge on any atom is -0.240 e. The van der Waals surface area contributed by atoms with E-state index < -0.39 is 0 Å². The van der Waals surface area contributed by atoms with E-state index in [1.807, 2.05) is 36.5 Å². The van der Waals surface area contributed by atoms with E-state index in [1.54, 1.807) is 4.68 Å². The van der Waals surface area contributed by atoms with Crippen molar-refractivity contribution in [3.63, 3.8) is 0 Å². The predicted octanol–water partition coefficient (Wildman–Crippen LogP) is 2.92. The summed E-state index contributed by atoms with van der Waals surface area (Å²) < 4.78 is 2.85. The Hall–Kier alpha value is -0.740. The first-order valence-electron chi connectivity index (χ1n) is 3.76. The molecular formula is C9H7BrN2S. The number of hydrogen-bond donors (Lipinski definition) is 1. The fraction of sp³-hybridized carbons (Fsp3) is 0. The zero-order valence-corrected chi connectivity index (χ0v) is 9.16. The van der Waals surface area contributed by atoms with Crippen molar-refractivity contribution in [2.45, 2.75) is 5.03 Å². The summed E-state index contributed by atoms with van der Waals surface area (Å²) in [5.41, 5.74) is 1.03. The Morgan fingerprint density at radius 1 is 1.15 bits per heavy atom. The first-order chi connectivity index (χ1) is 6.25. The number of rotatable bonds is 1. The van der Waals surface area contributed by atoms with Crippen LogP contribution in [0.25, 0.3) is 5.69 Å². The second kappa shape index (κ2) is 3.55. The zero-order chi connectivity index (χ0) is 9.26. The summed E-state index contributed by atoms with van der Waals surface area (Å²) in [5.74, 6) is 0. The van der Waals surface area contributed by atoms with Crippen LogP contribution < -0.4 is 0 Å². The van der Waals surface area contributed by atoms with Gasteiger partial charge in [0, 0.05) is 10.7 Å². The highest BCUT2D eigenvalue weighted by Crippen LogP contribution is 2.14. The highest BCUT2D eigenvalue weighted by Gasteiger charge is 1.97. The summed E-state index contributed by atoms with van der Waals surface area (Å²) in [4.78, 5) is 0. The van der Waals surface area contributed by atoms with E-state index in [4.69, 9.17) is 0 Å². The molecule has 1 aromatic carbocycles. The molecule has 2 nitrogen and oxygen atoms in total. The van der Waals surface area contributed by atoms with Gasteiger partial charge in [-0.15, -0.1) is 12.6 Å². The second-order valence-corrected chi connectivity index (χ2v) is 3.97. The van der Waals surface area contributed by atoms with Gasteiger partial charge in [-0.25, -0.2) is 4.68 Å². The van der Waals surface area contributed by atoms with Gasteiger partial charge in [-0.3, -0.25) is 0 Å². The highest BCUT2D eigenvalue weighted by molar-refractivity contribution is 9.10. The molecule has 1 heterocycles. The van der Waals surface area contributed by atoms with Crippen LogP contribution in [0.15, 0.2) is 46.0 Å². The first kappa shape index (κ1) is 8.84. The zero-order valence-electron chi connectivity index (χ0n) is 6.68. The SMILES string of the molecule is Sc1ccn(-c2ccc(Br)cc2)n1. The van der Waals surface area contributed by atoms with Crippen molar-refractivity contribution in [2.24, 2.45) is 0 Å². The fourth-order valence-electron chi connectivity index (χ4n) is 1.05. The third-order valence-electron chi connectivity index (χ3n) is 1.67. The molecular weight excluding hydrogens is 248 g/mol. The Morgan fingerprint density at radius 2 is 1.85 bits per heavy atom. The van der Waals surface area contributed by atoms with Crippen molar-refractivity contribution >= 4 is 28.6 Å². The van der Waals surface area contributed by atoms with Gasteiger partial charge in [0.1, 0.15) is 5.03 Å². The molecule has 0 aliphatic carbocycles. The van der Waals surface area contributed by atoms with E-state index in [-0.39, 0.29) is 0 Å². The molecule has 0 N–H and O–H groups in total. The van der Waals surface area contributed by atoms with Crippen molar-refractivity contribution in [1.82, 2.24) is 9.78 Å². The van der Waals surface area contributed by atoms with Gasteiger partial charge < -0.3 is 0 Å². The van der Waals surface area contributed by atoms with Gasteiger partial charge >= 0.3 is 0 Å². The normalized spacial score (nSPS) is 10.3. The van der Waals surface area contributed by atoms with Gasteiger partial charge in [0.25, 0.3) is 0 Å². The van der Waals surface area contributed by atoms with Gasteiger partial charge in [-0.1, -0.05) is 15.9 Å². The third kappa shape index (κ3) is 1.95. The fourth-order valence-corrected chi connectivity index (χ4v) is 1.48. The molecule has 1 aromatic heterocycles. The van der Waals surface area contributed by atoms with Crippen molar-refractivity contribution in [3.8, 4) is 5.69 Å². The minimum atomic E-state index is 0.725. The van der Waals surface area contributed by atoms with E-state index in [9.17, 15) is 0 Å². The summed E-state index contributed by atoms with van der Waals surface area (Å²) >= 11 is 7.51. The molecule has 13 heavy (non-hydrogen) atoms. The van der Waals surface area contributed by atoms with Crippen LogP contribution in [0.2, 0.25) is 0 Å². The van der Waals surface area contributed by atoms with Crippen LogP contribution in [0.1, 0.15) is 0 Å². The van der Waals surface area contributed by atoms with E-state index in [2.05, 4.69) is 33.7 Å². The molecule has 2 aromatic rings. The maximum atomic E-state index is 4.18. The molecule has 66 valence electrons. The lowest BCUT2D eigenvalue weighted by Gasteiger charge is -1.99. The summed E-state index contributed by atoms with van der Waals surface area (Å²) in [7, 11) is 0. The summed E-state index contributed by atoms with van der Waals surface area (Å²) in [5, 5.41) is 4.90. The molecule has 0 aliphatic rings. The van der Waals surface area contributed by atoms with Crippen LogP contribution in [0, 0.1) is 0 Å². The van der Waals surface area contributed by atoms with Gasteiger partial charge in [-0.05, 0) is 30.3 Å². The number of thiol groups is 1. The Morgan fingerprint density at radius 3 is 2.38 bits per heavy atom. The van der Waals surface area contributed by atoms with Gasteiger partial charge in [0.05, 0.1) is 5.69 Å². The summed E-state index contributed by atoms with van der Waals surface area (Å²) in [6.45, 7) is 0. The molecule has 0 atom stereocenters. The standard InChI is InChI=1S/C9H7BrN2S/c10-7-1-3-8(4-2-7)12-6-5-9(13)11-12/h1-6H,(H,11,13). The van der Waals surface area contributed by atoms with Crippen molar-refractivity contribution in [1.29, 1.82) is 0 Å².